The second-order valence-electron chi connectivity index (χ2n) is 5.22. The third-order valence-corrected chi connectivity index (χ3v) is 7.58. The molecule has 0 saturated carbocycles. The highest BCUT2D eigenvalue weighted by atomic mass is 32.2. The van der Waals surface area contributed by atoms with Gasteiger partial charge in [0.1, 0.15) is 4.21 Å². The Labute approximate surface area is 126 Å². The summed E-state index contributed by atoms with van der Waals surface area (Å²) >= 11 is 1.40. The summed E-state index contributed by atoms with van der Waals surface area (Å²) in [6.45, 7) is 7.52. The summed E-state index contributed by atoms with van der Waals surface area (Å²) in [6, 6.07) is 4.01. The molecule has 114 valence electrons. The second-order valence-corrected chi connectivity index (χ2v) is 8.51. The molecule has 1 fully saturated rings. The number of sulfonamides is 1. The molecule has 1 saturated heterocycles. The van der Waals surface area contributed by atoms with E-state index in [1.807, 2.05) is 13.0 Å². The maximum atomic E-state index is 12.9. The molecule has 1 aliphatic rings. The first-order valence-corrected chi connectivity index (χ1v) is 9.62. The van der Waals surface area contributed by atoms with Gasteiger partial charge in [-0.1, -0.05) is 20.8 Å². The van der Waals surface area contributed by atoms with Gasteiger partial charge in [-0.15, -0.1) is 11.3 Å². The normalized spacial score (nSPS) is 24.9. The average Bonchev–Trinajstić information content (AvgIpc) is 2.96. The molecule has 0 radical (unpaired) electrons. The van der Waals surface area contributed by atoms with Crippen LogP contribution >= 0.6 is 11.3 Å². The van der Waals surface area contributed by atoms with Gasteiger partial charge >= 0.3 is 0 Å². The van der Waals surface area contributed by atoms with Crippen molar-refractivity contribution in [3.05, 3.63) is 17.0 Å². The van der Waals surface area contributed by atoms with Crippen LogP contribution in [0.5, 0.6) is 0 Å². The third-order valence-electron chi connectivity index (χ3n) is 3.96. The zero-order chi connectivity index (χ0) is 14.8. The summed E-state index contributed by atoms with van der Waals surface area (Å²) in [5.41, 5.74) is 0. The fraction of sp³-hybridized carbons (Fsp3) is 0.714. The molecule has 0 amide bonds. The van der Waals surface area contributed by atoms with Gasteiger partial charge in [-0.3, -0.25) is 0 Å². The molecule has 2 rings (SSSR count). The first kappa shape index (κ1) is 15.9. The van der Waals surface area contributed by atoms with Gasteiger partial charge in [0.15, 0.2) is 0 Å². The van der Waals surface area contributed by atoms with E-state index in [9.17, 15) is 8.42 Å². The molecule has 1 N–H and O–H groups in total. The van der Waals surface area contributed by atoms with E-state index >= 15 is 0 Å². The van der Waals surface area contributed by atoms with Gasteiger partial charge < -0.3 is 5.32 Å². The highest BCUT2D eigenvalue weighted by molar-refractivity contribution is 7.91. The van der Waals surface area contributed by atoms with E-state index in [0.29, 0.717) is 10.8 Å². The van der Waals surface area contributed by atoms with E-state index in [4.69, 9.17) is 0 Å². The van der Waals surface area contributed by atoms with Gasteiger partial charge in [-0.2, -0.15) is 4.31 Å². The van der Waals surface area contributed by atoms with Crippen LogP contribution in [0.4, 0.5) is 0 Å². The fourth-order valence-corrected chi connectivity index (χ4v) is 5.72. The number of hydrogen-bond acceptors (Lipinski definition) is 4. The predicted molar refractivity (Wildman–Crippen MR) is 83.7 cm³/mol. The molecule has 1 aromatic rings. The number of rotatable bonds is 5. The lowest BCUT2D eigenvalue weighted by molar-refractivity contribution is 0.216. The molecular weight excluding hydrogens is 292 g/mol. The van der Waals surface area contributed by atoms with Gasteiger partial charge in [0.25, 0.3) is 10.0 Å². The molecule has 2 atom stereocenters. The molecule has 0 spiro atoms. The Kier molecular flexibility index (Phi) is 5.23. The third kappa shape index (κ3) is 3.08. The average molecular weight is 316 g/mol. The summed E-state index contributed by atoms with van der Waals surface area (Å²) in [6.07, 6.45) is 2.68. The van der Waals surface area contributed by atoms with Gasteiger partial charge in [-0.05, 0) is 31.4 Å². The van der Waals surface area contributed by atoms with E-state index < -0.39 is 10.0 Å². The van der Waals surface area contributed by atoms with Crippen molar-refractivity contribution in [1.82, 2.24) is 9.62 Å². The Balaban J connectivity index is 2.29. The first-order valence-electron chi connectivity index (χ1n) is 7.36. The van der Waals surface area contributed by atoms with Crippen LogP contribution in [0.3, 0.4) is 0 Å². The summed E-state index contributed by atoms with van der Waals surface area (Å²) < 4.78 is 27.9. The molecule has 20 heavy (non-hydrogen) atoms. The SMILES string of the molecule is CCc1ccc(S(=O)(=O)N2CC(CC)NCC2CC)s1. The van der Waals surface area contributed by atoms with Crippen molar-refractivity contribution in [3.8, 4) is 0 Å². The number of nitrogens with one attached hydrogen (secondary N) is 1. The predicted octanol–water partition coefficient (Wildman–Crippen LogP) is 2.46. The Morgan fingerprint density at radius 2 is 2.05 bits per heavy atom. The largest absolute Gasteiger partial charge is 0.311 e. The zero-order valence-electron chi connectivity index (χ0n) is 12.4. The van der Waals surface area contributed by atoms with E-state index in [2.05, 4.69) is 19.2 Å². The Bertz CT molecular complexity index is 539. The minimum absolute atomic E-state index is 0.0648. The maximum Gasteiger partial charge on any atom is 0.252 e. The molecule has 0 aromatic carbocycles. The number of piperazine rings is 1. The molecule has 4 nitrogen and oxygen atoms in total. The lowest BCUT2D eigenvalue weighted by atomic mass is 10.1. The minimum Gasteiger partial charge on any atom is -0.311 e. The summed E-state index contributed by atoms with van der Waals surface area (Å²) in [7, 11) is -3.34. The second kappa shape index (κ2) is 6.56. The van der Waals surface area contributed by atoms with Crippen LogP contribution in [-0.2, 0) is 16.4 Å². The van der Waals surface area contributed by atoms with E-state index in [1.54, 1.807) is 10.4 Å². The summed E-state index contributed by atoms with van der Waals surface area (Å²) in [5.74, 6) is 0. The van der Waals surface area contributed by atoms with E-state index in [1.165, 1.54) is 11.3 Å². The van der Waals surface area contributed by atoms with Crippen LogP contribution < -0.4 is 5.32 Å². The number of nitrogens with zero attached hydrogens (tertiary/aromatic N) is 1. The van der Waals surface area contributed by atoms with Gasteiger partial charge in [0.05, 0.1) is 0 Å². The number of aryl methyl sites for hydroxylation is 1. The molecule has 0 bridgehead atoms. The highest BCUT2D eigenvalue weighted by Gasteiger charge is 2.36. The van der Waals surface area contributed by atoms with Crippen LogP contribution in [0.15, 0.2) is 16.3 Å². The van der Waals surface area contributed by atoms with Crippen LogP contribution in [-0.4, -0.2) is 37.9 Å². The van der Waals surface area contributed by atoms with Crippen molar-refractivity contribution in [2.45, 2.75) is 56.3 Å². The zero-order valence-corrected chi connectivity index (χ0v) is 14.1. The molecule has 2 unspecified atom stereocenters. The first-order chi connectivity index (χ1) is 9.52. The summed E-state index contributed by atoms with van der Waals surface area (Å²) in [4.78, 5) is 1.12. The van der Waals surface area contributed by atoms with Crippen molar-refractivity contribution in [2.75, 3.05) is 13.1 Å². The van der Waals surface area contributed by atoms with Gasteiger partial charge in [0.2, 0.25) is 0 Å². The van der Waals surface area contributed by atoms with E-state index in [0.717, 1.165) is 30.7 Å². The van der Waals surface area contributed by atoms with Crippen molar-refractivity contribution in [3.63, 3.8) is 0 Å². The summed E-state index contributed by atoms with van der Waals surface area (Å²) in [5, 5.41) is 3.44. The number of thiophene rings is 1. The fourth-order valence-electron chi connectivity index (χ4n) is 2.55. The molecular formula is C14H24N2O2S2. The quantitative estimate of drug-likeness (QED) is 0.908. The molecule has 2 heterocycles. The Hall–Kier alpha value is -0.430. The van der Waals surface area contributed by atoms with Crippen molar-refractivity contribution < 1.29 is 8.42 Å². The molecule has 1 aromatic heterocycles. The molecule has 6 heteroatoms. The lowest BCUT2D eigenvalue weighted by Gasteiger charge is -2.38. The molecule has 1 aliphatic heterocycles. The van der Waals surface area contributed by atoms with Gasteiger partial charge in [-0.25, -0.2) is 8.42 Å². The Morgan fingerprint density at radius 3 is 2.60 bits per heavy atom. The maximum absolute atomic E-state index is 12.9. The smallest absolute Gasteiger partial charge is 0.252 e. The highest BCUT2D eigenvalue weighted by Crippen LogP contribution is 2.28. The van der Waals surface area contributed by atoms with Gasteiger partial charge in [0, 0.05) is 30.1 Å². The van der Waals surface area contributed by atoms with E-state index in [-0.39, 0.29) is 12.1 Å². The monoisotopic (exact) mass is 316 g/mol. The topological polar surface area (TPSA) is 49.4 Å². The van der Waals surface area contributed by atoms with Crippen molar-refractivity contribution in [2.24, 2.45) is 0 Å². The van der Waals surface area contributed by atoms with Crippen LogP contribution in [0, 0.1) is 0 Å². The number of hydrogen-bond donors (Lipinski definition) is 1. The Morgan fingerprint density at radius 1 is 1.30 bits per heavy atom. The lowest BCUT2D eigenvalue weighted by Crippen LogP contribution is -2.57. The standard InChI is InChI=1S/C14H24N2O2S2/c1-4-11-10-16(12(5-2)9-15-11)20(17,18)14-8-7-13(6-3)19-14/h7-8,11-12,15H,4-6,9-10H2,1-3H3. The van der Waals surface area contributed by atoms with Crippen molar-refractivity contribution >= 4 is 21.4 Å². The molecule has 0 aliphatic carbocycles. The van der Waals surface area contributed by atoms with Crippen LogP contribution in [0.1, 0.15) is 38.5 Å². The van der Waals surface area contributed by atoms with Crippen molar-refractivity contribution in [1.29, 1.82) is 0 Å². The van der Waals surface area contributed by atoms with Crippen LogP contribution in [0.25, 0.3) is 0 Å². The van der Waals surface area contributed by atoms with Crippen LogP contribution in [0.2, 0.25) is 0 Å². The minimum atomic E-state index is -3.34.